The number of carbonyl (C=O) groups excluding carboxylic acids is 2. The molecule has 130 valence electrons. The van der Waals surface area contributed by atoms with Crippen molar-refractivity contribution in [3.8, 4) is 5.75 Å². The fourth-order valence-corrected chi connectivity index (χ4v) is 2.22. The Morgan fingerprint density at radius 1 is 1.42 bits per heavy atom. The molecule has 1 aromatic rings. The fourth-order valence-electron chi connectivity index (χ4n) is 2.22. The Morgan fingerprint density at radius 3 is 2.92 bits per heavy atom. The second-order valence-corrected chi connectivity index (χ2v) is 5.30. The maximum atomic E-state index is 12.0. The summed E-state index contributed by atoms with van der Waals surface area (Å²) in [6.07, 6.45) is 3.88. The second kappa shape index (κ2) is 8.23. The summed E-state index contributed by atoms with van der Waals surface area (Å²) in [6.45, 7) is 1.76. The van der Waals surface area contributed by atoms with Gasteiger partial charge in [0, 0.05) is 6.07 Å². The van der Waals surface area contributed by atoms with E-state index in [0.29, 0.717) is 0 Å². The van der Waals surface area contributed by atoms with Crippen molar-refractivity contribution >= 4 is 23.5 Å². The predicted octanol–water partition coefficient (Wildman–Crippen LogP) is 1.84. The first-order chi connectivity index (χ1) is 11.5. The maximum Gasteiger partial charge on any atom is 0.366 e. The van der Waals surface area contributed by atoms with Crippen LogP contribution in [0, 0.1) is 10.1 Å². The van der Waals surface area contributed by atoms with Crippen LogP contribution < -0.4 is 9.64 Å². The number of unbranched alkanes of at least 4 members (excludes halogenated alkanes) is 3. The summed E-state index contributed by atoms with van der Waals surface area (Å²) < 4.78 is 10.3. The highest BCUT2D eigenvalue weighted by Crippen LogP contribution is 2.31. The van der Waals surface area contributed by atoms with Crippen LogP contribution in [0.5, 0.6) is 5.75 Å². The average Bonchev–Trinajstić information content (AvgIpc) is 2.56. The SMILES string of the molecule is CCCCCCOC(=O)CN1C(=O)COc2ccc([N+](=O)[O-])nc21. The Labute approximate surface area is 138 Å². The van der Waals surface area contributed by atoms with Crippen molar-refractivity contribution in [3.05, 3.63) is 22.2 Å². The first-order valence-corrected chi connectivity index (χ1v) is 7.77. The van der Waals surface area contributed by atoms with Crippen LogP contribution in [0.25, 0.3) is 0 Å². The van der Waals surface area contributed by atoms with E-state index < -0.39 is 22.6 Å². The molecule has 2 heterocycles. The van der Waals surface area contributed by atoms with Crippen molar-refractivity contribution in [2.24, 2.45) is 0 Å². The molecule has 0 saturated heterocycles. The zero-order chi connectivity index (χ0) is 17.5. The first kappa shape index (κ1) is 17.6. The molecule has 0 atom stereocenters. The Kier molecular flexibility index (Phi) is 6.05. The third-order valence-electron chi connectivity index (χ3n) is 3.47. The third kappa shape index (κ3) is 4.40. The molecule has 0 aliphatic carbocycles. The molecule has 0 radical (unpaired) electrons. The molecule has 2 rings (SSSR count). The van der Waals surface area contributed by atoms with Gasteiger partial charge in [-0.1, -0.05) is 26.2 Å². The van der Waals surface area contributed by atoms with Gasteiger partial charge in [0.15, 0.2) is 12.4 Å². The first-order valence-electron chi connectivity index (χ1n) is 7.77. The van der Waals surface area contributed by atoms with E-state index in [9.17, 15) is 19.7 Å². The quantitative estimate of drug-likeness (QED) is 0.308. The van der Waals surface area contributed by atoms with Crippen LogP contribution in [0.4, 0.5) is 11.6 Å². The van der Waals surface area contributed by atoms with Crippen molar-refractivity contribution in [2.75, 3.05) is 24.7 Å². The molecule has 1 aliphatic heterocycles. The summed E-state index contributed by atoms with van der Waals surface area (Å²) in [4.78, 5) is 38.9. The molecule has 0 N–H and O–H groups in total. The Morgan fingerprint density at radius 2 is 2.21 bits per heavy atom. The number of ether oxygens (including phenoxy) is 2. The van der Waals surface area contributed by atoms with Gasteiger partial charge in [0.25, 0.3) is 11.7 Å². The standard InChI is InChI=1S/C15H19N3O6/c1-2-3-4-5-8-23-14(20)9-17-13(19)10-24-11-6-7-12(18(21)22)16-15(11)17/h6-7H,2-5,8-10H2,1H3. The predicted molar refractivity (Wildman–Crippen MR) is 83.8 cm³/mol. The molecule has 1 aromatic heterocycles. The zero-order valence-electron chi connectivity index (χ0n) is 13.4. The summed E-state index contributed by atoms with van der Waals surface area (Å²) in [5, 5.41) is 10.8. The van der Waals surface area contributed by atoms with Gasteiger partial charge in [-0.2, -0.15) is 0 Å². The number of carbonyl (C=O) groups is 2. The number of anilines is 1. The normalized spacial score (nSPS) is 13.2. The largest absolute Gasteiger partial charge is 0.477 e. The molecule has 0 fully saturated rings. The smallest absolute Gasteiger partial charge is 0.366 e. The summed E-state index contributed by atoms with van der Waals surface area (Å²) in [7, 11) is 0. The zero-order valence-corrected chi connectivity index (χ0v) is 13.4. The van der Waals surface area contributed by atoms with Crippen molar-refractivity contribution in [1.82, 2.24) is 4.98 Å². The lowest BCUT2D eigenvalue weighted by Crippen LogP contribution is -2.43. The van der Waals surface area contributed by atoms with E-state index in [0.717, 1.165) is 30.6 Å². The lowest BCUT2D eigenvalue weighted by Gasteiger charge is -2.24. The topological polar surface area (TPSA) is 112 Å². The molecule has 0 unspecified atom stereocenters. The number of pyridine rings is 1. The van der Waals surface area contributed by atoms with Gasteiger partial charge >= 0.3 is 11.8 Å². The number of rotatable bonds is 8. The summed E-state index contributed by atoms with van der Waals surface area (Å²) in [6, 6.07) is 2.54. The van der Waals surface area contributed by atoms with Crippen LogP contribution in [0.3, 0.4) is 0 Å². The van der Waals surface area contributed by atoms with Crippen LogP contribution in [0.2, 0.25) is 0 Å². The van der Waals surface area contributed by atoms with E-state index in [1.165, 1.54) is 12.1 Å². The Hall–Kier alpha value is -2.71. The molecular formula is C15H19N3O6. The van der Waals surface area contributed by atoms with Gasteiger partial charge in [-0.15, -0.1) is 0 Å². The van der Waals surface area contributed by atoms with Gasteiger partial charge in [0.2, 0.25) is 0 Å². The monoisotopic (exact) mass is 337 g/mol. The van der Waals surface area contributed by atoms with Crippen LogP contribution >= 0.6 is 0 Å². The highest BCUT2D eigenvalue weighted by Gasteiger charge is 2.33. The molecule has 0 spiro atoms. The number of hydrogen-bond acceptors (Lipinski definition) is 7. The lowest BCUT2D eigenvalue weighted by atomic mass is 10.2. The highest BCUT2D eigenvalue weighted by atomic mass is 16.6. The van der Waals surface area contributed by atoms with E-state index in [1.807, 2.05) is 0 Å². The van der Waals surface area contributed by atoms with E-state index in [1.54, 1.807) is 0 Å². The lowest BCUT2D eigenvalue weighted by molar-refractivity contribution is -0.389. The van der Waals surface area contributed by atoms with Crippen LogP contribution in [-0.4, -0.2) is 41.5 Å². The number of fused-ring (bicyclic) bond motifs is 1. The van der Waals surface area contributed by atoms with Gasteiger partial charge in [0.1, 0.15) is 6.54 Å². The number of nitrogens with zero attached hydrogens (tertiary/aromatic N) is 3. The molecule has 9 heteroatoms. The molecular weight excluding hydrogens is 318 g/mol. The maximum absolute atomic E-state index is 12.0. The molecule has 0 bridgehead atoms. The van der Waals surface area contributed by atoms with Gasteiger partial charge in [0.05, 0.1) is 6.61 Å². The summed E-state index contributed by atoms with van der Waals surface area (Å²) >= 11 is 0. The van der Waals surface area contributed by atoms with Gasteiger partial charge in [-0.25, -0.2) is 0 Å². The molecule has 0 saturated carbocycles. The number of aromatic nitrogens is 1. The van der Waals surface area contributed by atoms with Gasteiger partial charge in [-0.3, -0.25) is 14.5 Å². The fraction of sp³-hybridized carbons (Fsp3) is 0.533. The van der Waals surface area contributed by atoms with Crippen molar-refractivity contribution in [3.63, 3.8) is 0 Å². The van der Waals surface area contributed by atoms with E-state index >= 15 is 0 Å². The molecule has 0 aromatic carbocycles. The second-order valence-electron chi connectivity index (χ2n) is 5.30. The number of amides is 1. The third-order valence-corrected chi connectivity index (χ3v) is 3.47. The van der Waals surface area contributed by atoms with Crippen molar-refractivity contribution in [1.29, 1.82) is 0 Å². The van der Waals surface area contributed by atoms with E-state index in [-0.39, 0.29) is 31.3 Å². The number of esters is 1. The summed E-state index contributed by atoms with van der Waals surface area (Å²) in [5.74, 6) is -1.33. The molecule has 1 aliphatic rings. The molecule has 24 heavy (non-hydrogen) atoms. The van der Waals surface area contributed by atoms with Crippen LogP contribution in [-0.2, 0) is 14.3 Å². The molecule has 1 amide bonds. The molecule has 9 nitrogen and oxygen atoms in total. The van der Waals surface area contributed by atoms with E-state index in [4.69, 9.17) is 9.47 Å². The minimum atomic E-state index is -0.677. The minimum Gasteiger partial charge on any atom is -0.477 e. The Bertz CT molecular complexity index is 634. The van der Waals surface area contributed by atoms with E-state index in [2.05, 4.69) is 11.9 Å². The van der Waals surface area contributed by atoms with Crippen LogP contribution in [0.15, 0.2) is 12.1 Å². The van der Waals surface area contributed by atoms with Gasteiger partial charge < -0.3 is 19.6 Å². The van der Waals surface area contributed by atoms with Crippen LogP contribution in [0.1, 0.15) is 32.6 Å². The highest BCUT2D eigenvalue weighted by molar-refractivity contribution is 6.00. The van der Waals surface area contributed by atoms with Crippen molar-refractivity contribution < 1.29 is 24.0 Å². The minimum absolute atomic E-state index is 0.0385. The van der Waals surface area contributed by atoms with Crippen molar-refractivity contribution in [2.45, 2.75) is 32.6 Å². The Balaban J connectivity index is 2.02. The average molecular weight is 337 g/mol. The number of hydrogen-bond donors (Lipinski definition) is 0. The number of nitro groups is 1. The van der Waals surface area contributed by atoms with Gasteiger partial charge in [-0.05, 0) is 22.4 Å². The summed E-state index contributed by atoms with van der Waals surface area (Å²) in [5.41, 5.74) is 0.